The molecule has 2 rings (SSSR count). The maximum Gasteiger partial charge on any atom is 0.191 e. The fraction of sp³-hybridized carbons (Fsp3) is 0.650. The van der Waals surface area contributed by atoms with E-state index in [-0.39, 0.29) is 0 Å². The normalized spacial score (nSPS) is 17.2. The van der Waals surface area contributed by atoms with Crippen LogP contribution < -0.4 is 15.4 Å². The van der Waals surface area contributed by atoms with Crippen LogP contribution in [0.3, 0.4) is 0 Å². The second-order valence-corrected chi connectivity index (χ2v) is 6.85. The van der Waals surface area contributed by atoms with Gasteiger partial charge in [-0.05, 0) is 44.8 Å². The SMILES string of the molecule is CCNC(=NCc1ccccc1OC)NCC(C)CN1CCCCC1. The molecule has 2 N–H and O–H groups in total. The average molecular weight is 347 g/mol. The number of guanidine groups is 1. The molecule has 0 amide bonds. The molecule has 1 aromatic carbocycles. The Balaban J connectivity index is 1.84. The number of piperidine rings is 1. The van der Waals surface area contributed by atoms with Crippen molar-refractivity contribution in [3.05, 3.63) is 29.8 Å². The minimum atomic E-state index is 0.605. The van der Waals surface area contributed by atoms with E-state index in [2.05, 4.69) is 35.4 Å². The topological polar surface area (TPSA) is 48.9 Å². The van der Waals surface area contributed by atoms with Gasteiger partial charge in [0.15, 0.2) is 5.96 Å². The number of nitrogens with zero attached hydrogens (tertiary/aromatic N) is 2. The van der Waals surface area contributed by atoms with Gasteiger partial charge in [-0.25, -0.2) is 4.99 Å². The maximum atomic E-state index is 5.40. The van der Waals surface area contributed by atoms with Crippen LogP contribution in [0.4, 0.5) is 0 Å². The molecular weight excluding hydrogens is 312 g/mol. The maximum absolute atomic E-state index is 5.40. The number of methoxy groups -OCH3 is 1. The van der Waals surface area contributed by atoms with Crippen molar-refractivity contribution in [2.24, 2.45) is 10.9 Å². The Labute approximate surface area is 152 Å². The van der Waals surface area contributed by atoms with Gasteiger partial charge in [0.05, 0.1) is 13.7 Å². The van der Waals surface area contributed by atoms with Crippen molar-refractivity contribution in [3.8, 4) is 5.75 Å². The quantitative estimate of drug-likeness (QED) is 0.561. The van der Waals surface area contributed by atoms with Crippen LogP contribution in [-0.4, -0.2) is 50.7 Å². The first-order valence-electron chi connectivity index (χ1n) is 9.59. The molecule has 1 aliphatic heterocycles. The molecule has 0 radical (unpaired) electrons. The van der Waals surface area contributed by atoms with Gasteiger partial charge in [0, 0.05) is 25.2 Å². The third-order valence-electron chi connectivity index (χ3n) is 4.58. The predicted molar refractivity (Wildman–Crippen MR) is 105 cm³/mol. The van der Waals surface area contributed by atoms with Crippen LogP contribution in [-0.2, 0) is 6.54 Å². The number of nitrogens with one attached hydrogen (secondary N) is 2. The van der Waals surface area contributed by atoms with E-state index >= 15 is 0 Å². The van der Waals surface area contributed by atoms with Gasteiger partial charge in [-0.15, -0.1) is 0 Å². The van der Waals surface area contributed by atoms with Gasteiger partial charge < -0.3 is 20.3 Å². The molecule has 25 heavy (non-hydrogen) atoms. The summed E-state index contributed by atoms with van der Waals surface area (Å²) in [5, 5.41) is 6.82. The van der Waals surface area contributed by atoms with E-state index in [1.165, 1.54) is 38.9 Å². The van der Waals surface area contributed by atoms with Gasteiger partial charge in [0.2, 0.25) is 0 Å². The van der Waals surface area contributed by atoms with Crippen LogP contribution in [0, 0.1) is 5.92 Å². The lowest BCUT2D eigenvalue weighted by Crippen LogP contribution is -2.42. The summed E-state index contributed by atoms with van der Waals surface area (Å²) in [5.41, 5.74) is 1.10. The predicted octanol–water partition coefficient (Wildman–Crippen LogP) is 2.87. The van der Waals surface area contributed by atoms with E-state index in [4.69, 9.17) is 9.73 Å². The zero-order valence-electron chi connectivity index (χ0n) is 16.1. The smallest absolute Gasteiger partial charge is 0.191 e. The Hall–Kier alpha value is -1.75. The molecule has 1 aliphatic rings. The highest BCUT2D eigenvalue weighted by molar-refractivity contribution is 5.79. The Bertz CT molecular complexity index is 526. The molecule has 1 fully saturated rings. The summed E-state index contributed by atoms with van der Waals surface area (Å²) >= 11 is 0. The largest absolute Gasteiger partial charge is 0.496 e. The van der Waals surface area contributed by atoms with E-state index in [9.17, 15) is 0 Å². The molecule has 5 nitrogen and oxygen atoms in total. The van der Waals surface area contributed by atoms with E-state index in [0.29, 0.717) is 12.5 Å². The number of para-hydroxylation sites is 1. The lowest BCUT2D eigenvalue weighted by atomic mass is 10.1. The van der Waals surface area contributed by atoms with Crippen molar-refractivity contribution in [3.63, 3.8) is 0 Å². The Morgan fingerprint density at radius 3 is 2.68 bits per heavy atom. The standard InChI is InChI=1S/C20H34N4O/c1-4-21-20(23-15-18-10-6-7-11-19(18)25-3)22-14-17(2)16-24-12-8-5-9-13-24/h6-7,10-11,17H,4-5,8-9,12-16H2,1-3H3,(H2,21,22,23). The number of rotatable bonds is 8. The lowest BCUT2D eigenvalue weighted by molar-refractivity contribution is 0.201. The molecule has 0 aliphatic carbocycles. The monoisotopic (exact) mass is 346 g/mol. The van der Waals surface area contributed by atoms with Crippen molar-refractivity contribution in [2.75, 3.05) is 39.8 Å². The van der Waals surface area contributed by atoms with E-state index in [0.717, 1.165) is 30.4 Å². The number of likely N-dealkylation sites (tertiary alicyclic amines) is 1. The van der Waals surface area contributed by atoms with Crippen molar-refractivity contribution in [1.82, 2.24) is 15.5 Å². The zero-order chi connectivity index (χ0) is 17.9. The van der Waals surface area contributed by atoms with Crippen LogP contribution >= 0.6 is 0 Å². The number of ether oxygens (including phenoxy) is 1. The lowest BCUT2D eigenvalue weighted by Gasteiger charge is -2.29. The zero-order valence-corrected chi connectivity index (χ0v) is 16.1. The van der Waals surface area contributed by atoms with Gasteiger partial charge in [0.25, 0.3) is 0 Å². The van der Waals surface area contributed by atoms with Crippen molar-refractivity contribution >= 4 is 5.96 Å². The number of hydrogen-bond acceptors (Lipinski definition) is 3. The van der Waals surface area contributed by atoms with Crippen LogP contribution in [0.1, 0.15) is 38.7 Å². The fourth-order valence-corrected chi connectivity index (χ4v) is 3.26. The molecule has 0 bridgehead atoms. The molecule has 1 saturated heterocycles. The summed E-state index contributed by atoms with van der Waals surface area (Å²) in [4.78, 5) is 7.30. The molecule has 0 aromatic heterocycles. The van der Waals surface area contributed by atoms with Crippen LogP contribution in [0.2, 0.25) is 0 Å². The van der Waals surface area contributed by atoms with Crippen molar-refractivity contribution < 1.29 is 4.74 Å². The van der Waals surface area contributed by atoms with Crippen molar-refractivity contribution in [2.45, 2.75) is 39.7 Å². The first-order chi connectivity index (χ1) is 12.2. The molecule has 1 unspecified atom stereocenters. The number of hydrogen-bond donors (Lipinski definition) is 2. The molecule has 140 valence electrons. The summed E-state index contributed by atoms with van der Waals surface area (Å²) in [6.45, 7) is 10.5. The average Bonchev–Trinajstić information content (AvgIpc) is 2.65. The molecule has 1 atom stereocenters. The van der Waals surface area contributed by atoms with Crippen LogP contribution in [0.25, 0.3) is 0 Å². The minimum absolute atomic E-state index is 0.605. The summed E-state index contributed by atoms with van der Waals surface area (Å²) < 4.78 is 5.40. The summed E-state index contributed by atoms with van der Waals surface area (Å²) in [6.07, 6.45) is 4.09. The van der Waals surface area contributed by atoms with Crippen LogP contribution in [0.5, 0.6) is 5.75 Å². The second kappa shape index (κ2) is 11.0. The minimum Gasteiger partial charge on any atom is -0.496 e. The Morgan fingerprint density at radius 2 is 1.96 bits per heavy atom. The second-order valence-electron chi connectivity index (χ2n) is 6.85. The van der Waals surface area contributed by atoms with Crippen molar-refractivity contribution in [1.29, 1.82) is 0 Å². The Kier molecular flexibility index (Phi) is 8.60. The van der Waals surface area contributed by atoms with E-state index in [1.54, 1.807) is 7.11 Å². The number of benzene rings is 1. The first-order valence-corrected chi connectivity index (χ1v) is 9.59. The third-order valence-corrected chi connectivity index (χ3v) is 4.58. The molecule has 5 heteroatoms. The highest BCUT2D eigenvalue weighted by Crippen LogP contribution is 2.17. The molecule has 0 spiro atoms. The van der Waals surface area contributed by atoms with Gasteiger partial charge >= 0.3 is 0 Å². The Morgan fingerprint density at radius 1 is 1.20 bits per heavy atom. The van der Waals surface area contributed by atoms with Crippen LogP contribution in [0.15, 0.2) is 29.3 Å². The molecule has 1 heterocycles. The van der Waals surface area contributed by atoms with Gasteiger partial charge in [-0.3, -0.25) is 0 Å². The van der Waals surface area contributed by atoms with E-state index in [1.807, 2.05) is 18.2 Å². The van der Waals surface area contributed by atoms with Gasteiger partial charge in [0.1, 0.15) is 5.75 Å². The third kappa shape index (κ3) is 6.94. The van der Waals surface area contributed by atoms with Gasteiger partial charge in [-0.2, -0.15) is 0 Å². The highest BCUT2D eigenvalue weighted by atomic mass is 16.5. The van der Waals surface area contributed by atoms with Gasteiger partial charge in [-0.1, -0.05) is 31.5 Å². The number of aliphatic imine (C=N–C) groups is 1. The fourth-order valence-electron chi connectivity index (χ4n) is 3.26. The summed E-state index contributed by atoms with van der Waals surface area (Å²) in [7, 11) is 1.70. The first kappa shape index (κ1) is 19.6. The summed E-state index contributed by atoms with van der Waals surface area (Å²) in [6, 6.07) is 8.04. The highest BCUT2D eigenvalue weighted by Gasteiger charge is 2.13. The molecule has 1 aromatic rings. The molecule has 0 saturated carbocycles. The molecular formula is C20H34N4O. The summed E-state index contributed by atoms with van der Waals surface area (Å²) in [5.74, 6) is 2.37. The van der Waals surface area contributed by atoms with E-state index < -0.39 is 0 Å².